The molecule has 4 N–H and O–H groups in total. The van der Waals surface area contributed by atoms with Gasteiger partial charge in [-0.3, -0.25) is 4.79 Å². The van der Waals surface area contributed by atoms with Gasteiger partial charge in [-0.05, 0) is 53.8 Å². The lowest BCUT2D eigenvalue weighted by Crippen LogP contribution is -2.12. The van der Waals surface area contributed by atoms with Crippen LogP contribution < -0.4 is 15.8 Å². The number of para-hydroxylation sites is 1. The molecule has 0 atom stereocenters. The summed E-state index contributed by atoms with van der Waals surface area (Å²) in [5.41, 5.74) is 12.0. The Kier molecular flexibility index (Phi) is 4.59. The van der Waals surface area contributed by atoms with Crippen LogP contribution in [0.15, 0.2) is 60.9 Å². The molecule has 30 heavy (non-hydrogen) atoms. The van der Waals surface area contributed by atoms with Crippen molar-refractivity contribution in [1.82, 2.24) is 15.3 Å². The number of hydrogen-bond donors (Lipinski definition) is 3. The fourth-order valence-corrected chi connectivity index (χ4v) is 4.04. The Morgan fingerprint density at radius 1 is 1.13 bits per heavy atom. The molecule has 2 aromatic carbocycles. The largest absolute Gasteiger partial charge is 0.493 e. The number of nitrogen functional groups attached to an aromatic ring is 1. The van der Waals surface area contributed by atoms with E-state index in [0.717, 1.165) is 35.0 Å². The molecule has 0 spiro atoms. The van der Waals surface area contributed by atoms with Gasteiger partial charge in [0.05, 0.1) is 12.2 Å². The van der Waals surface area contributed by atoms with E-state index in [9.17, 15) is 4.79 Å². The number of aryl methyl sites for hydroxylation is 1. The van der Waals surface area contributed by atoms with E-state index in [1.807, 2.05) is 30.3 Å². The number of nitrogens with two attached hydrogens (primary N) is 1. The van der Waals surface area contributed by atoms with Crippen molar-refractivity contribution in [2.75, 3.05) is 12.3 Å². The van der Waals surface area contributed by atoms with E-state index >= 15 is 0 Å². The van der Waals surface area contributed by atoms with Crippen LogP contribution in [0.2, 0.25) is 0 Å². The van der Waals surface area contributed by atoms with Gasteiger partial charge in [0.2, 0.25) is 0 Å². The maximum Gasteiger partial charge on any atom is 0.251 e. The first kappa shape index (κ1) is 18.2. The Morgan fingerprint density at radius 3 is 2.97 bits per heavy atom. The fourth-order valence-electron chi connectivity index (χ4n) is 4.04. The highest BCUT2D eigenvalue weighted by Crippen LogP contribution is 2.35. The van der Waals surface area contributed by atoms with Crippen molar-refractivity contribution in [1.29, 1.82) is 0 Å². The van der Waals surface area contributed by atoms with Crippen LogP contribution in [-0.4, -0.2) is 22.5 Å². The van der Waals surface area contributed by atoms with Gasteiger partial charge >= 0.3 is 0 Å². The highest BCUT2D eigenvalue weighted by Gasteiger charge is 2.20. The van der Waals surface area contributed by atoms with Crippen LogP contribution in [0.3, 0.4) is 0 Å². The van der Waals surface area contributed by atoms with Gasteiger partial charge < -0.3 is 20.8 Å². The molecular weight excluding hydrogens is 376 g/mol. The highest BCUT2D eigenvalue weighted by molar-refractivity contribution is 5.99. The van der Waals surface area contributed by atoms with Crippen molar-refractivity contribution in [2.24, 2.45) is 0 Å². The molecule has 1 amide bonds. The summed E-state index contributed by atoms with van der Waals surface area (Å²) in [5, 5.41) is 4.10. The number of benzene rings is 2. The summed E-state index contributed by atoms with van der Waals surface area (Å²) < 4.78 is 6.11. The number of amides is 1. The summed E-state index contributed by atoms with van der Waals surface area (Å²) in [6.07, 6.45) is 5.53. The zero-order chi connectivity index (χ0) is 20.5. The van der Waals surface area contributed by atoms with Crippen LogP contribution >= 0.6 is 0 Å². The van der Waals surface area contributed by atoms with E-state index in [1.54, 1.807) is 6.20 Å². The molecule has 0 fully saturated rings. The molecule has 2 aromatic heterocycles. The topological polar surface area (TPSA) is 93.0 Å². The first-order valence-corrected chi connectivity index (χ1v) is 10.0. The van der Waals surface area contributed by atoms with Crippen LogP contribution in [-0.2, 0) is 13.0 Å². The lowest BCUT2D eigenvalue weighted by molar-refractivity contribution is 0.0966. The number of aromatic nitrogens is 2. The maximum absolute atomic E-state index is 11.8. The zero-order valence-electron chi connectivity index (χ0n) is 16.4. The normalized spacial score (nSPS) is 12.7. The van der Waals surface area contributed by atoms with Gasteiger partial charge in [-0.25, -0.2) is 4.98 Å². The molecule has 6 heteroatoms. The molecule has 1 aliphatic rings. The Hall–Kier alpha value is -3.80. The number of carbonyl (C=O) groups is 1. The third-order valence-electron chi connectivity index (χ3n) is 5.54. The van der Waals surface area contributed by atoms with E-state index < -0.39 is 0 Å². The first-order chi connectivity index (χ1) is 14.7. The molecular formula is C24H22N4O2. The zero-order valence-corrected chi connectivity index (χ0v) is 16.4. The number of aromatic amines is 1. The minimum Gasteiger partial charge on any atom is -0.493 e. The van der Waals surface area contributed by atoms with E-state index in [-0.39, 0.29) is 5.91 Å². The average Bonchev–Trinajstić information content (AvgIpc) is 3.34. The molecule has 0 saturated carbocycles. The number of rotatable bonds is 6. The summed E-state index contributed by atoms with van der Waals surface area (Å²) in [7, 11) is 0. The average molecular weight is 398 g/mol. The van der Waals surface area contributed by atoms with E-state index in [1.165, 1.54) is 10.9 Å². The molecule has 3 heterocycles. The molecule has 0 unspecified atom stereocenters. The van der Waals surface area contributed by atoms with Crippen LogP contribution in [0.4, 0.5) is 5.82 Å². The second-order valence-corrected chi connectivity index (χ2v) is 7.44. The Labute approximate surface area is 174 Å². The Balaban J connectivity index is 1.32. The van der Waals surface area contributed by atoms with Crippen molar-refractivity contribution < 1.29 is 9.53 Å². The quantitative estimate of drug-likeness (QED) is 0.427. The molecule has 0 aliphatic carbocycles. The standard InChI is InChI=1S/C24H22N4O2/c25-23-22(15-7-8-19-17(12-15)14-28-24(19)29)21(9-10-26-23)30-11-3-4-16-13-27-20-6-2-1-5-18(16)20/h1-2,5-10,12-13,27H,3-4,11,14H2,(H2,25,26)(H,28,29). The number of H-pyrrole nitrogens is 1. The summed E-state index contributed by atoms with van der Waals surface area (Å²) in [5.74, 6) is 1.09. The van der Waals surface area contributed by atoms with E-state index in [2.05, 4.69) is 39.7 Å². The molecule has 5 rings (SSSR count). The number of anilines is 1. The van der Waals surface area contributed by atoms with Gasteiger partial charge in [-0.1, -0.05) is 24.3 Å². The smallest absolute Gasteiger partial charge is 0.251 e. The monoisotopic (exact) mass is 398 g/mol. The van der Waals surface area contributed by atoms with Crippen molar-refractivity contribution in [3.63, 3.8) is 0 Å². The lowest BCUT2D eigenvalue weighted by atomic mass is 10.00. The molecule has 6 nitrogen and oxygen atoms in total. The third kappa shape index (κ3) is 3.26. The minimum atomic E-state index is -0.0375. The summed E-state index contributed by atoms with van der Waals surface area (Å²) >= 11 is 0. The van der Waals surface area contributed by atoms with Gasteiger partial charge in [-0.2, -0.15) is 0 Å². The van der Waals surface area contributed by atoms with Gasteiger partial charge in [0.25, 0.3) is 5.91 Å². The molecule has 150 valence electrons. The van der Waals surface area contributed by atoms with Gasteiger partial charge in [0.1, 0.15) is 11.6 Å². The van der Waals surface area contributed by atoms with Gasteiger partial charge in [0.15, 0.2) is 0 Å². The minimum absolute atomic E-state index is 0.0375. The predicted octanol–water partition coefficient (Wildman–Crippen LogP) is 4.07. The number of hydrogen-bond acceptors (Lipinski definition) is 4. The molecule has 1 aliphatic heterocycles. The summed E-state index contributed by atoms with van der Waals surface area (Å²) in [6, 6.07) is 15.9. The summed E-state index contributed by atoms with van der Waals surface area (Å²) in [6.45, 7) is 1.10. The first-order valence-electron chi connectivity index (χ1n) is 10.0. The Bertz CT molecular complexity index is 1250. The van der Waals surface area contributed by atoms with E-state index in [0.29, 0.717) is 30.3 Å². The van der Waals surface area contributed by atoms with Crippen LogP contribution in [0.1, 0.15) is 27.9 Å². The number of carbonyl (C=O) groups excluding carboxylic acids is 1. The maximum atomic E-state index is 11.8. The lowest BCUT2D eigenvalue weighted by Gasteiger charge is -2.14. The van der Waals surface area contributed by atoms with Gasteiger partial charge in [0, 0.05) is 35.4 Å². The third-order valence-corrected chi connectivity index (χ3v) is 5.54. The summed E-state index contributed by atoms with van der Waals surface area (Å²) in [4.78, 5) is 19.4. The highest BCUT2D eigenvalue weighted by atomic mass is 16.5. The van der Waals surface area contributed by atoms with Crippen molar-refractivity contribution in [3.8, 4) is 16.9 Å². The molecule has 4 aromatic rings. The molecule has 0 bridgehead atoms. The van der Waals surface area contributed by atoms with Gasteiger partial charge in [-0.15, -0.1) is 0 Å². The van der Waals surface area contributed by atoms with Crippen molar-refractivity contribution in [2.45, 2.75) is 19.4 Å². The number of pyridine rings is 1. The number of fused-ring (bicyclic) bond motifs is 2. The second kappa shape index (κ2) is 7.55. The van der Waals surface area contributed by atoms with Crippen molar-refractivity contribution in [3.05, 3.63) is 77.6 Å². The SMILES string of the molecule is Nc1nccc(OCCCc2c[nH]c3ccccc23)c1-c1ccc2c(c1)CNC2=O. The fraction of sp³-hybridized carbons (Fsp3) is 0.167. The van der Waals surface area contributed by atoms with Crippen molar-refractivity contribution >= 4 is 22.6 Å². The molecule has 0 saturated heterocycles. The van der Waals surface area contributed by atoms with E-state index in [4.69, 9.17) is 10.5 Å². The Morgan fingerprint density at radius 2 is 2.03 bits per heavy atom. The number of nitrogens with one attached hydrogen (secondary N) is 2. The number of ether oxygens (including phenoxy) is 1. The number of nitrogens with zero attached hydrogens (tertiary/aromatic N) is 1. The van der Waals surface area contributed by atoms with Crippen LogP contribution in [0.25, 0.3) is 22.0 Å². The predicted molar refractivity (Wildman–Crippen MR) is 117 cm³/mol. The molecule has 0 radical (unpaired) electrons. The van der Waals surface area contributed by atoms with Crippen LogP contribution in [0, 0.1) is 0 Å². The second-order valence-electron chi connectivity index (χ2n) is 7.44. The van der Waals surface area contributed by atoms with Crippen LogP contribution in [0.5, 0.6) is 5.75 Å².